The van der Waals surface area contributed by atoms with Crippen LogP contribution < -0.4 is 5.32 Å². The lowest BCUT2D eigenvalue weighted by Gasteiger charge is -2.39. The first-order valence-electron chi connectivity index (χ1n) is 9.77. The van der Waals surface area contributed by atoms with Crippen molar-refractivity contribution in [1.82, 2.24) is 24.5 Å². The lowest BCUT2D eigenvalue weighted by atomic mass is 10.2. The maximum absolute atomic E-state index is 12.3. The summed E-state index contributed by atoms with van der Waals surface area (Å²) < 4.78 is 7.59. The van der Waals surface area contributed by atoms with Gasteiger partial charge in [0.05, 0.1) is 24.8 Å². The number of guanidine groups is 1. The highest BCUT2D eigenvalue weighted by Crippen LogP contribution is 2.19. The highest BCUT2D eigenvalue weighted by molar-refractivity contribution is 14.0. The van der Waals surface area contributed by atoms with E-state index in [1.165, 1.54) is 0 Å². The predicted octanol–water partition coefficient (Wildman–Crippen LogP) is 2.64. The fourth-order valence-electron chi connectivity index (χ4n) is 3.68. The second-order valence-electron chi connectivity index (χ2n) is 8.42. The maximum atomic E-state index is 12.3. The van der Waals surface area contributed by atoms with Crippen LogP contribution in [-0.2, 0) is 11.3 Å². The first kappa shape index (κ1) is 21.7. The van der Waals surface area contributed by atoms with Gasteiger partial charge in [0.25, 0.3) is 0 Å². The molecule has 2 aliphatic heterocycles. The van der Waals surface area contributed by atoms with E-state index in [1.807, 2.05) is 32.9 Å². The van der Waals surface area contributed by atoms with Gasteiger partial charge in [0.2, 0.25) is 0 Å². The van der Waals surface area contributed by atoms with Crippen molar-refractivity contribution in [3.05, 3.63) is 35.8 Å². The molecule has 0 bridgehead atoms. The molecule has 2 aromatic heterocycles. The second kappa shape index (κ2) is 8.37. The van der Waals surface area contributed by atoms with Crippen molar-refractivity contribution in [3.63, 3.8) is 0 Å². The van der Waals surface area contributed by atoms with E-state index in [1.54, 1.807) is 4.90 Å². The molecule has 1 saturated heterocycles. The Hall–Kier alpha value is -2.04. The topological polar surface area (TPSA) is 74.5 Å². The molecule has 0 aliphatic carbocycles. The molecule has 4 rings (SSSR count). The van der Waals surface area contributed by atoms with Gasteiger partial charge in [-0.25, -0.2) is 9.78 Å². The van der Waals surface area contributed by atoms with Crippen LogP contribution >= 0.6 is 24.0 Å². The fraction of sp³-hybridized carbons (Fsp3) is 0.550. The lowest BCUT2D eigenvalue weighted by molar-refractivity contribution is 0.0137. The standard InChI is InChI=1S/C20H28N6O2.HI/c1-14-6-5-7-17-23-15(12-26(14)17)10-21-18-22-11-16-13-24(8-9-25(16)18)19(27)28-20(2,3)4;/h5-7,12,16H,8-11,13H2,1-4H3,(H,21,22);1H. The van der Waals surface area contributed by atoms with E-state index in [9.17, 15) is 4.79 Å². The summed E-state index contributed by atoms with van der Waals surface area (Å²) >= 11 is 0. The predicted molar refractivity (Wildman–Crippen MR) is 123 cm³/mol. The van der Waals surface area contributed by atoms with E-state index in [2.05, 4.69) is 43.8 Å². The molecule has 0 spiro atoms. The summed E-state index contributed by atoms with van der Waals surface area (Å²) in [5, 5.41) is 3.43. The van der Waals surface area contributed by atoms with Gasteiger partial charge in [0.1, 0.15) is 11.2 Å². The third-order valence-corrected chi connectivity index (χ3v) is 5.03. The Morgan fingerprint density at radius 2 is 2.10 bits per heavy atom. The zero-order chi connectivity index (χ0) is 19.9. The Bertz CT molecular complexity index is 919. The molecular weight excluding hydrogens is 483 g/mol. The van der Waals surface area contributed by atoms with E-state index in [-0.39, 0.29) is 36.1 Å². The molecule has 2 aromatic rings. The molecule has 8 nitrogen and oxygen atoms in total. The third kappa shape index (κ3) is 4.76. The molecule has 2 aliphatic rings. The Kier molecular flexibility index (Phi) is 6.25. The molecule has 1 N–H and O–H groups in total. The summed E-state index contributed by atoms with van der Waals surface area (Å²) in [4.78, 5) is 25.7. The van der Waals surface area contributed by atoms with Crippen molar-refractivity contribution in [1.29, 1.82) is 0 Å². The minimum atomic E-state index is -0.473. The quantitative estimate of drug-likeness (QED) is 0.627. The van der Waals surface area contributed by atoms with E-state index < -0.39 is 5.60 Å². The summed E-state index contributed by atoms with van der Waals surface area (Å²) in [5.41, 5.74) is 2.62. The number of fused-ring (bicyclic) bond motifs is 2. The number of aliphatic imine (C=N–C) groups is 1. The summed E-state index contributed by atoms with van der Waals surface area (Å²) in [5.74, 6) is 0.891. The van der Waals surface area contributed by atoms with Gasteiger partial charge >= 0.3 is 6.09 Å². The minimum Gasteiger partial charge on any atom is -0.444 e. The van der Waals surface area contributed by atoms with Crippen molar-refractivity contribution in [2.45, 2.75) is 45.9 Å². The molecular formula is C20H29IN6O2. The minimum absolute atomic E-state index is 0. The SMILES string of the molecule is Cc1cccc2nc(CNC3=NCC4CN(C(=O)OC(C)(C)C)CCN34)cn12.I. The number of nitrogens with zero attached hydrogens (tertiary/aromatic N) is 5. The number of carbonyl (C=O) groups excluding carboxylic acids is 1. The fourth-order valence-corrected chi connectivity index (χ4v) is 3.68. The highest BCUT2D eigenvalue weighted by atomic mass is 127. The van der Waals surface area contributed by atoms with Gasteiger partial charge < -0.3 is 24.3 Å². The second-order valence-corrected chi connectivity index (χ2v) is 8.42. The van der Waals surface area contributed by atoms with Crippen molar-refractivity contribution in [2.75, 3.05) is 26.2 Å². The molecule has 1 unspecified atom stereocenters. The van der Waals surface area contributed by atoms with Gasteiger partial charge in [0.15, 0.2) is 5.96 Å². The summed E-state index contributed by atoms with van der Waals surface area (Å²) in [6.07, 6.45) is 1.82. The lowest BCUT2D eigenvalue weighted by Crippen LogP contribution is -2.57. The molecule has 1 amide bonds. The van der Waals surface area contributed by atoms with Crippen LogP contribution in [0, 0.1) is 6.92 Å². The Balaban J connectivity index is 0.00000240. The number of nitrogens with one attached hydrogen (secondary N) is 1. The van der Waals surface area contributed by atoms with Crippen LogP contribution in [0.5, 0.6) is 0 Å². The maximum Gasteiger partial charge on any atom is 0.410 e. The van der Waals surface area contributed by atoms with Crippen LogP contribution in [0.15, 0.2) is 29.4 Å². The number of halogens is 1. The zero-order valence-electron chi connectivity index (χ0n) is 17.4. The number of aryl methyl sites for hydroxylation is 1. The summed E-state index contributed by atoms with van der Waals surface area (Å²) in [7, 11) is 0. The van der Waals surface area contributed by atoms with E-state index in [4.69, 9.17) is 4.74 Å². The number of piperazine rings is 1. The van der Waals surface area contributed by atoms with Gasteiger partial charge in [-0.3, -0.25) is 4.99 Å². The Morgan fingerprint density at radius 1 is 1.31 bits per heavy atom. The third-order valence-electron chi connectivity index (χ3n) is 5.03. The molecule has 0 saturated carbocycles. The number of hydrogen-bond donors (Lipinski definition) is 1. The number of aromatic nitrogens is 2. The molecule has 4 heterocycles. The van der Waals surface area contributed by atoms with Crippen LogP contribution in [0.2, 0.25) is 0 Å². The average Bonchev–Trinajstić information content (AvgIpc) is 3.22. The number of hydrogen-bond acceptors (Lipinski definition) is 6. The molecule has 1 fully saturated rings. The van der Waals surface area contributed by atoms with Gasteiger partial charge in [0, 0.05) is 31.5 Å². The van der Waals surface area contributed by atoms with Crippen molar-refractivity contribution < 1.29 is 9.53 Å². The number of imidazole rings is 1. The van der Waals surface area contributed by atoms with E-state index in [0.29, 0.717) is 26.2 Å². The molecule has 1 atom stereocenters. The van der Waals surface area contributed by atoms with Gasteiger partial charge in [-0.05, 0) is 39.8 Å². The summed E-state index contributed by atoms with van der Waals surface area (Å²) in [6, 6.07) is 6.30. The molecule has 29 heavy (non-hydrogen) atoms. The first-order chi connectivity index (χ1) is 13.3. The number of ether oxygens (including phenoxy) is 1. The van der Waals surface area contributed by atoms with E-state index >= 15 is 0 Å². The van der Waals surface area contributed by atoms with Crippen molar-refractivity contribution in [2.24, 2.45) is 4.99 Å². The van der Waals surface area contributed by atoms with Crippen LogP contribution in [0.3, 0.4) is 0 Å². The van der Waals surface area contributed by atoms with Gasteiger partial charge in [-0.2, -0.15) is 0 Å². The number of carbonyl (C=O) groups is 1. The normalized spacial score (nSPS) is 18.9. The van der Waals surface area contributed by atoms with Crippen LogP contribution in [0.4, 0.5) is 4.79 Å². The number of pyridine rings is 1. The Morgan fingerprint density at radius 3 is 2.83 bits per heavy atom. The van der Waals surface area contributed by atoms with Crippen LogP contribution in [-0.4, -0.2) is 69.1 Å². The smallest absolute Gasteiger partial charge is 0.410 e. The monoisotopic (exact) mass is 512 g/mol. The van der Waals surface area contributed by atoms with Crippen molar-refractivity contribution >= 4 is 41.7 Å². The molecule has 158 valence electrons. The van der Waals surface area contributed by atoms with Crippen LogP contribution in [0.1, 0.15) is 32.2 Å². The first-order valence-corrected chi connectivity index (χ1v) is 9.77. The number of rotatable bonds is 2. The number of amides is 1. The average molecular weight is 512 g/mol. The molecule has 9 heteroatoms. The van der Waals surface area contributed by atoms with Crippen LogP contribution in [0.25, 0.3) is 5.65 Å². The van der Waals surface area contributed by atoms with E-state index in [0.717, 1.165) is 29.5 Å². The highest BCUT2D eigenvalue weighted by Gasteiger charge is 2.36. The summed E-state index contributed by atoms with van der Waals surface area (Å²) in [6.45, 7) is 11.1. The zero-order valence-corrected chi connectivity index (χ0v) is 19.7. The molecule has 0 radical (unpaired) electrons. The van der Waals surface area contributed by atoms with Gasteiger partial charge in [-0.1, -0.05) is 6.07 Å². The van der Waals surface area contributed by atoms with Gasteiger partial charge in [-0.15, -0.1) is 24.0 Å². The van der Waals surface area contributed by atoms with Crippen molar-refractivity contribution in [3.8, 4) is 0 Å². The largest absolute Gasteiger partial charge is 0.444 e. The molecule has 0 aromatic carbocycles. The Labute approximate surface area is 188 Å².